The second kappa shape index (κ2) is 5.18. The summed E-state index contributed by atoms with van der Waals surface area (Å²) < 4.78 is 4.95. The second-order valence-electron chi connectivity index (χ2n) is 4.71. The van der Waals surface area contributed by atoms with E-state index >= 15 is 0 Å². The van der Waals surface area contributed by atoms with Crippen molar-refractivity contribution in [1.29, 1.82) is 0 Å². The molecule has 0 fully saturated rings. The lowest BCUT2D eigenvalue weighted by Gasteiger charge is -2.13. The maximum Gasteiger partial charge on any atom is 0.372 e. The van der Waals surface area contributed by atoms with Gasteiger partial charge in [0.1, 0.15) is 0 Å². The Labute approximate surface area is 112 Å². The molecule has 1 aromatic heterocycles. The SMILES string of the molecule is Cc1cc(C)c(NCc2ccoc2C(=O)O)c(C)c1. The summed E-state index contributed by atoms with van der Waals surface area (Å²) in [6.45, 7) is 6.57. The zero-order valence-electron chi connectivity index (χ0n) is 11.3. The van der Waals surface area contributed by atoms with Crippen LogP contribution in [-0.2, 0) is 6.54 Å². The lowest BCUT2D eigenvalue weighted by Crippen LogP contribution is -2.06. The van der Waals surface area contributed by atoms with Gasteiger partial charge in [-0.3, -0.25) is 0 Å². The van der Waals surface area contributed by atoms with Gasteiger partial charge in [0.15, 0.2) is 0 Å². The van der Waals surface area contributed by atoms with Crippen LogP contribution in [0.1, 0.15) is 32.8 Å². The van der Waals surface area contributed by atoms with Gasteiger partial charge in [-0.2, -0.15) is 0 Å². The summed E-state index contributed by atoms with van der Waals surface area (Å²) in [7, 11) is 0. The summed E-state index contributed by atoms with van der Waals surface area (Å²) in [5.41, 5.74) is 5.21. The van der Waals surface area contributed by atoms with E-state index in [1.807, 2.05) is 13.8 Å². The van der Waals surface area contributed by atoms with Gasteiger partial charge in [0, 0.05) is 17.8 Å². The molecule has 2 aromatic rings. The fourth-order valence-electron chi connectivity index (χ4n) is 2.31. The largest absolute Gasteiger partial charge is 0.475 e. The molecule has 0 aliphatic heterocycles. The van der Waals surface area contributed by atoms with E-state index in [2.05, 4.69) is 24.4 Å². The number of anilines is 1. The molecule has 2 N–H and O–H groups in total. The Hall–Kier alpha value is -2.23. The van der Waals surface area contributed by atoms with E-state index in [-0.39, 0.29) is 5.76 Å². The molecule has 0 saturated carbocycles. The first-order valence-corrected chi connectivity index (χ1v) is 6.10. The molecule has 0 bridgehead atoms. The van der Waals surface area contributed by atoms with Crippen LogP contribution >= 0.6 is 0 Å². The fraction of sp³-hybridized carbons (Fsp3) is 0.267. The highest BCUT2D eigenvalue weighted by molar-refractivity contribution is 5.86. The second-order valence-corrected chi connectivity index (χ2v) is 4.71. The normalized spacial score (nSPS) is 10.5. The number of carboxylic acid groups (broad SMARTS) is 1. The Morgan fingerprint density at radius 1 is 1.26 bits per heavy atom. The first-order valence-electron chi connectivity index (χ1n) is 6.10. The first kappa shape index (κ1) is 13.2. The highest BCUT2D eigenvalue weighted by Gasteiger charge is 2.14. The van der Waals surface area contributed by atoms with Crippen LogP contribution in [0.4, 0.5) is 5.69 Å². The van der Waals surface area contributed by atoms with Crippen molar-refractivity contribution in [2.45, 2.75) is 27.3 Å². The average molecular weight is 259 g/mol. The third-order valence-corrected chi connectivity index (χ3v) is 3.07. The van der Waals surface area contributed by atoms with Crippen LogP contribution in [0.5, 0.6) is 0 Å². The van der Waals surface area contributed by atoms with Crippen LogP contribution in [0.25, 0.3) is 0 Å². The molecule has 0 spiro atoms. The highest BCUT2D eigenvalue weighted by atomic mass is 16.4. The van der Waals surface area contributed by atoms with E-state index < -0.39 is 5.97 Å². The van der Waals surface area contributed by atoms with Crippen LogP contribution in [0.15, 0.2) is 28.9 Å². The monoisotopic (exact) mass is 259 g/mol. The molecule has 4 heteroatoms. The zero-order chi connectivity index (χ0) is 14.0. The number of nitrogens with one attached hydrogen (secondary N) is 1. The predicted molar refractivity (Wildman–Crippen MR) is 73.6 cm³/mol. The maximum absolute atomic E-state index is 11.0. The molecule has 100 valence electrons. The summed E-state index contributed by atoms with van der Waals surface area (Å²) in [5, 5.41) is 12.3. The number of rotatable bonds is 4. The third-order valence-electron chi connectivity index (χ3n) is 3.07. The Kier molecular flexibility index (Phi) is 3.60. The number of carbonyl (C=O) groups is 1. The summed E-state index contributed by atoms with van der Waals surface area (Å²) >= 11 is 0. The highest BCUT2D eigenvalue weighted by Crippen LogP contribution is 2.23. The number of benzene rings is 1. The molecule has 0 aliphatic rings. The van der Waals surface area contributed by atoms with Crippen LogP contribution in [0.3, 0.4) is 0 Å². The van der Waals surface area contributed by atoms with Crippen molar-refractivity contribution in [2.75, 3.05) is 5.32 Å². The molecule has 0 radical (unpaired) electrons. The molecule has 0 unspecified atom stereocenters. The molecule has 4 nitrogen and oxygen atoms in total. The molecule has 1 aromatic carbocycles. The minimum absolute atomic E-state index is 0.00471. The van der Waals surface area contributed by atoms with Gasteiger partial charge in [0.2, 0.25) is 5.76 Å². The van der Waals surface area contributed by atoms with E-state index in [0.29, 0.717) is 12.1 Å². The van der Waals surface area contributed by atoms with Crippen molar-refractivity contribution in [3.8, 4) is 0 Å². The molecule has 2 rings (SSSR count). The van der Waals surface area contributed by atoms with Gasteiger partial charge < -0.3 is 14.8 Å². The first-order chi connectivity index (χ1) is 8.99. The molecule has 0 amide bonds. The van der Waals surface area contributed by atoms with Crippen molar-refractivity contribution < 1.29 is 14.3 Å². The Morgan fingerprint density at radius 3 is 2.47 bits per heavy atom. The fourth-order valence-corrected chi connectivity index (χ4v) is 2.31. The van der Waals surface area contributed by atoms with E-state index in [4.69, 9.17) is 9.52 Å². The Balaban J connectivity index is 2.19. The quantitative estimate of drug-likeness (QED) is 0.881. The summed E-state index contributed by atoms with van der Waals surface area (Å²) in [6, 6.07) is 5.88. The standard InChI is InChI=1S/C15H17NO3/c1-9-6-10(2)13(11(3)7-9)16-8-12-4-5-19-14(12)15(17)18/h4-7,16H,8H2,1-3H3,(H,17,18). The topological polar surface area (TPSA) is 62.5 Å². The van der Waals surface area contributed by atoms with Crippen molar-refractivity contribution in [3.05, 3.63) is 52.5 Å². The Morgan fingerprint density at radius 2 is 1.89 bits per heavy atom. The zero-order valence-corrected chi connectivity index (χ0v) is 11.3. The van der Waals surface area contributed by atoms with E-state index in [0.717, 1.165) is 16.8 Å². The average Bonchev–Trinajstić information content (AvgIpc) is 2.75. The van der Waals surface area contributed by atoms with Gasteiger partial charge in [0.05, 0.1) is 6.26 Å². The van der Waals surface area contributed by atoms with Crippen molar-refractivity contribution in [1.82, 2.24) is 0 Å². The number of carboxylic acids is 1. The van der Waals surface area contributed by atoms with Gasteiger partial charge in [-0.05, 0) is 38.0 Å². The van der Waals surface area contributed by atoms with E-state index in [1.54, 1.807) is 6.07 Å². The van der Waals surface area contributed by atoms with Gasteiger partial charge in [0.25, 0.3) is 0 Å². The van der Waals surface area contributed by atoms with E-state index in [9.17, 15) is 4.79 Å². The van der Waals surface area contributed by atoms with Crippen molar-refractivity contribution >= 4 is 11.7 Å². The van der Waals surface area contributed by atoms with Gasteiger partial charge in [-0.1, -0.05) is 17.7 Å². The van der Waals surface area contributed by atoms with E-state index in [1.165, 1.54) is 11.8 Å². The maximum atomic E-state index is 11.0. The molecule has 0 saturated heterocycles. The molecule has 19 heavy (non-hydrogen) atoms. The molecule has 0 aliphatic carbocycles. The number of furan rings is 1. The lowest BCUT2D eigenvalue weighted by atomic mass is 10.0. The van der Waals surface area contributed by atoms with Crippen molar-refractivity contribution in [3.63, 3.8) is 0 Å². The minimum Gasteiger partial charge on any atom is -0.475 e. The van der Waals surface area contributed by atoms with Gasteiger partial charge in [-0.15, -0.1) is 0 Å². The molecule has 0 atom stereocenters. The minimum atomic E-state index is -1.04. The number of aromatic carboxylic acids is 1. The molecular weight excluding hydrogens is 242 g/mol. The lowest BCUT2D eigenvalue weighted by molar-refractivity contribution is 0.0661. The Bertz CT molecular complexity index is 591. The third kappa shape index (κ3) is 2.78. The van der Waals surface area contributed by atoms with Crippen LogP contribution < -0.4 is 5.32 Å². The summed E-state index contributed by atoms with van der Waals surface area (Å²) in [6.07, 6.45) is 1.40. The van der Waals surface area contributed by atoms with Crippen LogP contribution in [-0.4, -0.2) is 11.1 Å². The number of aryl methyl sites for hydroxylation is 3. The van der Waals surface area contributed by atoms with Gasteiger partial charge in [-0.25, -0.2) is 4.79 Å². The van der Waals surface area contributed by atoms with Crippen LogP contribution in [0.2, 0.25) is 0 Å². The predicted octanol–water partition coefficient (Wildman–Crippen LogP) is 3.52. The smallest absolute Gasteiger partial charge is 0.372 e. The summed E-state index contributed by atoms with van der Waals surface area (Å²) in [4.78, 5) is 11.0. The summed E-state index contributed by atoms with van der Waals surface area (Å²) in [5.74, 6) is -1.05. The van der Waals surface area contributed by atoms with Crippen LogP contribution in [0, 0.1) is 20.8 Å². The number of hydrogen-bond acceptors (Lipinski definition) is 3. The van der Waals surface area contributed by atoms with Gasteiger partial charge >= 0.3 is 5.97 Å². The number of hydrogen-bond donors (Lipinski definition) is 2. The molecular formula is C15H17NO3. The van der Waals surface area contributed by atoms with Crippen molar-refractivity contribution in [2.24, 2.45) is 0 Å². The molecule has 1 heterocycles.